The fourth-order valence-corrected chi connectivity index (χ4v) is 1.73. The van der Waals surface area contributed by atoms with E-state index in [9.17, 15) is 9.59 Å². The summed E-state index contributed by atoms with van der Waals surface area (Å²) in [7, 11) is 0. The Morgan fingerprint density at radius 3 is 2.38 bits per heavy atom. The highest BCUT2D eigenvalue weighted by molar-refractivity contribution is 6.09. The quantitative estimate of drug-likeness (QED) is 0.676. The van der Waals surface area contributed by atoms with Crippen LogP contribution in [0.15, 0.2) is 36.5 Å². The molecule has 104 valence electrons. The van der Waals surface area contributed by atoms with Gasteiger partial charge in [0.05, 0.1) is 5.56 Å². The lowest BCUT2D eigenvalue weighted by Crippen LogP contribution is -1.99. The summed E-state index contributed by atoms with van der Waals surface area (Å²) >= 11 is 0. The van der Waals surface area contributed by atoms with E-state index in [0.29, 0.717) is 22.5 Å². The zero-order valence-corrected chi connectivity index (χ0v) is 11.8. The number of hydrogen-bond acceptors (Lipinski definition) is 4. The summed E-state index contributed by atoms with van der Waals surface area (Å²) in [5.41, 5.74) is 8.16. The van der Waals surface area contributed by atoms with Crippen LogP contribution in [0, 0.1) is 18.8 Å². The van der Waals surface area contributed by atoms with Crippen LogP contribution in [0.3, 0.4) is 0 Å². The number of hydrogen-bond donors (Lipinski definition) is 1. The molecule has 0 aliphatic rings. The average Bonchev–Trinajstić information content (AvgIpc) is 2.48. The maximum Gasteiger partial charge on any atom is 0.236 e. The summed E-state index contributed by atoms with van der Waals surface area (Å²) in [6.07, 6.45) is 1.64. The van der Waals surface area contributed by atoms with Crippen LogP contribution < -0.4 is 5.73 Å². The minimum atomic E-state index is -0.328. The molecule has 0 spiro atoms. The lowest BCUT2D eigenvalue weighted by molar-refractivity contribution is 0.101. The molecule has 0 radical (unpaired) electrons. The number of nitrogen functional groups attached to an aromatic ring is 1. The summed E-state index contributed by atoms with van der Waals surface area (Å²) < 4.78 is 0. The van der Waals surface area contributed by atoms with Gasteiger partial charge < -0.3 is 5.73 Å². The van der Waals surface area contributed by atoms with Gasteiger partial charge in [-0.15, -0.1) is 0 Å². The van der Waals surface area contributed by atoms with Gasteiger partial charge in [-0.25, -0.2) is 4.98 Å². The zero-order chi connectivity index (χ0) is 15.4. The van der Waals surface area contributed by atoms with Gasteiger partial charge in [-0.05, 0) is 43.5 Å². The molecule has 0 bridgehead atoms. The number of rotatable bonds is 2. The van der Waals surface area contributed by atoms with E-state index in [1.54, 1.807) is 36.5 Å². The minimum absolute atomic E-state index is 0.0429. The number of carbonyl (C=O) groups is 2. The Morgan fingerprint density at radius 2 is 1.76 bits per heavy atom. The summed E-state index contributed by atoms with van der Waals surface area (Å²) in [6.45, 7) is 3.35. The molecule has 0 atom stereocenters. The molecule has 1 heterocycles. The van der Waals surface area contributed by atoms with Crippen LogP contribution in [-0.2, 0) is 0 Å². The summed E-state index contributed by atoms with van der Waals surface area (Å²) in [6, 6.07) is 8.18. The molecule has 1 aromatic heterocycles. The average molecular weight is 278 g/mol. The predicted octanol–water partition coefficient (Wildman–Crippen LogP) is 2.41. The second kappa shape index (κ2) is 6.02. The standard InChI is InChI=1S/C17H14N2O2/c1-11-9-15(17(18)19-10-11)7-8-16(21)14-5-3-13(4-6-14)12(2)20/h3-6,9-10H,1-2H3,(H2,18,19). The molecule has 1 aromatic carbocycles. The summed E-state index contributed by atoms with van der Waals surface area (Å²) in [5.74, 6) is 5.20. The van der Waals surface area contributed by atoms with E-state index in [-0.39, 0.29) is 11.6 Å². The molecule has 2 N–H and O–H groups in total. The van der Waals surface area contributed by atoms with Gasteiger partial charge in [-0.3, -0.25) is 9.59 Å². The second-order valence-corrected chi connectivity index (χ2v) is 4.66. The number of nitrogens with zero attached hydrogens (tertiary/aromatic N) is 1. The lowest BCUT2D eigenvalue weighted by Gasteiger charge is -1.98. The molecule has 0 amide bonds. The van der Waals surface area contributed by atoms with Gasteiger partial charge in [0.25, 0.3) is 0 Å². The van der Waals surface area contributed by atoms with E-state index in [0.717, 1.165) is 5.56 Å². The SMILES string of the molecule is CC(=O)c1ccc(C(=O)C#Cc2cc(C)cnc2N)cc1. The number of aromatic nitrogens is 1. The van der Waals surface area contributed by atoms with Gasteiger partial charge >= 0.3 is 0 Å². The Morgan fingerprint density at radius 1 is 1.14 bits per heavy atom. The number of anilines is 1. The molecule has 21 heavy (non-hydrogen) atoms. The smallest absolute Gasteiger partial charge is 0.236 e. The van der Waals surface area contributed by atoms with Gasteiger partial charge in [0, 0.05) is 17.3 Å². The molecule has 0 fully saturated rings. The number of nitrogens with two attached hydrogens (primary N) is 1. The van der Waals surface area contributed by atoms with E-state index >= 15 is 0 Å². The van der Waals surface area contributed by atoms with Gasteiger partial charge in [-0.2, -0.15) is 0 Å². The topological polar surface area (TPSA) is 73.0 Å². The lowest BCUT2D eigenvalue weighted by atomic mass is 10.1. The number of carbonyl (C=O) groups excluding carboxylic acids is 2. The Bertz CT molecular complexity index is 766. The van der Waals surface area contributed by atoms with Crippen LogP contribution >= 0.6 is 0 Å². The first-order valence-electron chi connectivity index (χ1n) is 6.37. The van der Waals surface area contributed by atoms with Crippen molar-refractivity contribution < 1.29 is 9.59 Å². The van der Waals surface area contributed by atoms with Crippen molar-refractivity contribution in [3.63, 3.8) is 0 Å². The molecule has 0 aliphatic heterocycles. The largest absolute Gasteiger partial charge is 0.383 e. The Kier molecular flexibility index (Phi) is 4.15. The van der Waals surface area contributed by atoms with Crippen molar-refractivity contribution >= 4 is 17.4 Å². The fourth-order valence-electron chi connectivity index (χ4n) is 1.73. The van der Waals surface area contributed by atoms with Crippen molar-refractivity contribution in [2.75, 3.05) is 5.73 Å². The maximum absolute atomic E-state index is 12.0. The van der Waals surface area contributed by atoms with Crippen LogP contribution in [0.5, 0.6) is 0 Å². The maximum atomic E-state index is 12.0. The summed E-state index contributed by atoms with van der Waals surface area (Å²) in [4.78, 5) is 27.1. The van der Waals surface area contributed by atoms with Gasteiger partial charge in [0.2, 0.25) is 5.78 Å². The molecule has 0 saturated carbocycles. The van der Waals surface area contributed by atoms with E-state index in [2.05, 4.69) is 16.8 Å². The van der Waals surface area contributed by atoms with Crippen molar-refractivity contribution in [1.29, 1.82) is 0 Å². The molecule has 4 heteroatoms. The number of pyridine rings is 1. The van der Waals surface area contributed by atoms with Crippen molar-refractivity contribution in [2.45, 2.75) is 13.8 Å². The van der Waals surface area contributed by atoms with Crippen LogP contribution in [0.25, 0.3) is 0 Å². The van der Waals surface area contributed by atoms with Crippen LogP contribution in [0.2, 0.25) is 0 Å². The Labute approximate surface area is 123 Å². The van der Waals surface area contributed by atoms with Crippen molar-refractivity contribution in [3.8, 4) is 11.8 Å². The molecular weight excluding hydrogens is 264 g/mol. The molecule has 0 unspecified atom stereocenters. The molecule has 0 aliphatic carbocycles. The highest BCUT2D eigenvalue weighted by Gasteiger charge is 2.04. The van der Waals surface area contributed by atoms with Gasteiger partial charge in [0.15, 0.2) is 5.78 Å². The monoisotopic (exact) mass is 278 g/mol. The van der Waals surface area contributed by atoms with Gasteiger partial charge in [-0.1, -0.05) is 18.1 Å². The normalized spacial score (nSPS) is 9.62. The number of ketones is 2. The fraction of sp³-hybridized carbons (Fsp3) is 0.118. The highest BCUT2D eigenvalue weighted by atomic mass is 16.1. The van der Waals surface area contributed by atoms with E-state index in [1.165, 1.54) is 6.92 Å². The highest BCUT2D eigenvalue weighted by Crippen LogP contribution is 2.09. The Hall–Kier alpha value is -2.93. The van der Waals surface area contributed by atoms with E-state index in [1.807, 2.05) is 6.92 Å². The molecule has 0 saturated heterocycles. The Balaban J connectivity index is 2.24. The van der Waals surface area contributed by atoms with Crippen LogP contribution in [0.1, 0.15) is 38.8 Å². The van der Waals surface area contributed by atoms with E-state index < -0.39 is 0 Å². The van der Waals surface area contributed by atoms with Crippen molar-refractivity contribution in [3.05, 3.63) is 58.8 Å². The zero-order valence-electron chi connectivity index (χ0n) is 11.8. The molecule has 2 rings (SSSR count). The van der Waals surface area contributed by atoms with Crippen LogP contribution in [-0.4, -0.2) is 16.6 Å². The first kappa shape index (κ1) is 14.5. The third-order valence-corrected chi connectivity index (χ3v) is 2.92. The molecule has 4 nitrogen and oxygen atoms in total. The summed E-state index contributed by atoms with van der Waals surface area (Å²) in [5, 5.41) is 0. The number of Topliss-reactive ketones (excluding diaryl/α,β-unsaturated/α-hetero) is 2. The first-order valence-corrected chi connectivity index (χ1v) is 6.37. The minimum Gasteiger partial charge on any atom is -0.383 e. The number of benzene rings is 1. The predicted molar refractivity (Wildman–Crippen MR) is 81.0 cm³/mol. The van der Waals surface area contributed by atoms with Crippen LogP contribution in [0.4, 0.5) is 5.82 Å². The molecule has 2 aromatic rings. The number of aryl methyl sites for hydroxylation is 1. The molecular formula is C17H14N2O2. The van der Waals surface area contributed by atoms with Crippen molar-refractivity contribution in [2.24, 2.45) is 0 Å². The van der Waals surface area contributed by atoms with Gasteiger partial charge in [0.1, 0.15) is 5.82 Å². The van der Waals surface area contributed by atoms with Crippen molar-refractivity contribution in [1.82, 2.24) is 4.98 Å². The van der Waals surface area contributed by atoms with E-state index in [4.69, 9.17) is 5.73 Å². The second-order valence-electron chi connectivity index (χ2n) is 4.66. The first-order chi connectivity index (χ1) is 9.97. The third-order valence-electron chi connectivity index (χ3n) is 2.92. The third kappa shape index (κ3) is 3.54.